The summed E-state index contributed by atoms with van der Waals surface area (Å²) >= 11 is 0. The van der Waals surface area contributed by atoms with Gasteiger partial charge in [0, 0.05) is 12.1 Å². The normalized spacial score (nSPS) is 14.7. The zero-order valence-corrected chi connectivity index (χ0v) is 10.7. The van der Waals surface area contributed by atoms with Crippen LogP contribution in [-0.4, -0.2) is 29.9 Å². The maximum Gasteiger partial charge on any atom is 0.417 e. The number of halogens is 4. The summed E-state index contributed by atoms with van der Waals surface area (Å²) in [7, 11) is 1.27. The molecule has 0 radical (unpaired) electrons. The molecule has 0 saturated heterocycles. The van der Waals surface area contributed by atoms with Crippen LogP contribution in [0.1, 0.15) is 12.5 Å². The Kier molecular flexibility index (Phi) is 4.59. The molecule has 0 aromatic heterocycles. The molecule has 0 heterocycles. The molecule has 1 rings (SSSR count). The van der Waals surface area contributed by atoms with E-state index < -0.39 is 30.0 Å². The van der Waals surface area contributed by atoms with Crippen molar-refractivity contribution in [2.45, 2.75) is 25.2 Å². The van der Waals surface area contributed by atoms with Gasteiger partial charge in [0.25, 0.3) is 0 Å². The summed E-state index contributed by atoms with van der Waals surface area (Å²) < 4.78 is 56.3. The minimum absolute atomic E-state index is 0.0872. The average Bonchev–Trinajstić information content (AvgIpc) is 2.34. The molecule has 1 atom stereocenters. The zero-order valence-electron chi connectivity index (χ0n) is 10.7. The van der Waals surface area contributed by atoms with Crippen LogP contribution in [0.3, 0.4) is 0 Å². The highest BCUT2D eigenvalue weighted by molar-refractivity contribution is 5.79. The van der Waals surface area contributed by atoms with E-state index in [9.17, 15) is 22.4 Å². The Labute approximate surface area is 112 Å². The fraction of sp³-hybridized carbons (Fsp3) is 0.417. The van der Waals surface area contributed by atoms with Gasteiger partial charge in [-0.15, -0.1) is 0 Å². The first-order chi connectivity index (χ1) is 9.11. The molecule has 1 aromatic carbocycles. The van der Waals surface area contributed by atoms with Gasteiger partial charge in [0.2, 0.25) is 5.54 Å². The van der Waals surface area contributed by atoms with Crippen molar-refractivity contribution in [1.29, 1.82) is 0 Å². The van der Waals surface area contributed by atoms with E-state index in [0.717, 1.165) is 12.1 Å². The highest BCUT2D eigenvalue weighted by atomic mass is 19.4. The molecule has 0 aliphatic heterocycles. The summed E-state index contributed by atoms with van der Waals surface area (Å²) in [5, 5.41) is 10.6. The van der Waals surface area contributed by atoms with E-state index in [4.69, 9.17) is 9.84 Å². The van der Waals surface area contributed by atoms with Crippen LogP contribution in [0, 0.1) is 5.82 Å². The van der Waals surface area contributed by atoms with E-state index in [1.807, 2.05) is 5.32 Å². The smallest absolute Gasteiger partial charge is 0.417 e. The molecular weight excluding hydrogens is 282 g/mol. The Bertz CT molecular complexity index is 504. The lowest BCUT2D eigenvalue weighted by Gasteiger charge is -2.29. The molecule has 0 saturated carbocycles. The van der Waals surface area contributed by atoms with Crippen molar-refractivity contribution in [2.75, 3.05) is 7.11 Å². The third-order valence-electron chi connectivity index (χ3n) is 2.87. The Morgan fingerprint density at radius 1 is 1.40 bits per heavy atom. The first kappa shape index (κ1) is 16.2. The number of carboxylic acids is 1. The number of rotatable bonds is 5. The number of alkyl halides is 3. The highest BCUT2D eigenvalue weighted by Crippen LogP contribution is 2.31. The number of hydrogen-bond acceptors (Lipinski definition) is 3. The summed E-state index contributed by atoms with van der Waals surface area (Å²) in [4.78, 5) is 10.8. The van der Waals surface area contributed by atoms with Crippen LogP contribution in [0.5, 0.6) is 5.75 Å². The predicted octanol–water partition coefficient (Wildman–Crippen LogP) is 2.33. The minimum atomic E-state index is -5.00. The Morgan fingerprint density at radius 2 is 2.00 bits per heavy atom. The van der Waals surface area contributed by atoms with Gasteiger partial charge in [0.1, 0.15) is 11.6 Å². The number of benzene rings is 1. The maximum atomic E-state index is 13.1. The molecule has 1 unspecified atom stereocenters. The van der Waals surface area contributed by atoms with Gasteiger partial charge in [-0.1, -0.05) is 0 Å². The minimum Gasteiger partial charge on any atom is -0.496 e. The molecule has 0 aliphatic carbocycles. The van der Waals surface area contributed by atoms with Crippen molar-refractivity contribution in [3.8, 4) is 5.75 Å². The molecule has 0 fully saturated rings. The SMILES string of the molecule is COc1ccc(F)cc1CNC(C)(C(=O)O)C(F)(F)F. The van der Waals surface area contributed by atoms with E-state index >= 15 is 0 Å². The molecular formula is C12H13F4NO3. The first-order valence-corrected chi connectivity index (χ1v) is 5.49. The van der Waals surface area contributed by atoms with Crippen LogP contribution in [-0.2, 0) is 11.3 Å². The molecule has 112 valence electrons. The average molecular weight is 295 g/mol. The van der Waals surface area contributed by atoms with Crippen molar-refractivity contribution in [3.05, 3.63) is 29.6 Å². The second-order valence-corrected chi connectivity index (χ2v) is 4.24. The van der Waals surface area contributed by atoms with Gasteiger partial charge in [-0.25, -0.2) is 9.18 Å². The Morgan fingerprint density at radius 3 is 2.45 bits per heavy atom. The molecule has 2 N–H and O–H groups in total. The van der Waals surface area contributed by atoms with Crippen LogP contribution < -0.4 is 10.1 Å². The van der Waals surface area contributed by atoms with Crippen LogP contribution in [0.25, 0.3) is 0 Å². The number of ether oxygens (including phenoxy) is 1. The lowest BCUT2D eigenvalue weighted by Crippen LogP contribution is -2.59. The zero-order chi connectivity index (χ0) is 15.6. The van der Waals surface area contributed by atoms with Crippen molar-refractivity contribution >= 4 is 5.97 Å². The molecule has 1 aromatic rings. The number of carboxylic acid groups (broad SMARTS) is 1. The first-order valence-electron chi connectivity index (χ1n) is 5.49. The summed E-state index contributed by atoms with van der Waals surface area (Å²) in [6.45, 7) is -0.00957. The van der Waals surface area contributed by atoms with Gasteiger partial charge in [0.05, 0.1) is 7.11 Å². The molecule has 8 heteroatoms. The van der Waals surface area contributed by atoms with Crippen molar-refractivity contribution in [3.63, 3.8) is 0 Å². The van der Waals surface area contributed by atoms with Crippen LogP contribution in [0.2, 0.25) is 0 Å². The van der Waals surface area contributed by atoms with Gasteiger partial charge in [0.15, 0.2) is 0 Å². The van der Waals surface area contributed by atoms with Gasteiger partial charge >= 0.3 is 12.1 Å². The van der Waals surface area contributed by atoms with Crippen LogP contribution >= 0.6 is 0 Å². The van der Waals surface area contributed by atoms with Crippen molar-refractivity contribution in [1.82, 2.24) is 5.32 Å². The third kappa shape index (κ3) is 3.19. The topological polar surface area (TPSA) is 58.6 Å². The molecule has 4 nitrogen and oxygen atoms in total. The number of aliphatic carboxylic acids is 1. The quantitative estimate of drug-likeness (QED) is 0.819. The van der Waals surface area contributed by atoms with Crippen molar-refractivity contribution in [2.24, 2.45) is 0 Å². The molecule has 0 amide bonds. The van der Waals surface area contributed by atoms with E-state index in [0.29, 0.717) is 6.92 Å². The number of methoxy groups -OCH3 is 1. The second-order valence-electron chi connectivity index (χ2n) is 4.24. The van der Waals surface area contributed by atoms with Gasteiger partial charge in [-0.2, -0.15) is 13.2 Å². The standard InChI is InChI=1S/C12H13F4NO3/c1-11(10(18)19,12(14,15)16)17-6-7-5-8(13)3-4-9(7)20-2/h3-5,17H,6H2,1-2H3,(H,18,19). The molecule has 0 spiro atoms. The lowest BCUT2D eigenvalue weighted by atomic mass is 10.0. The van der Waals surface area contributed by atoms with Gasteiger partial charge in [-0.05, 0) is 25.1 Å². The summed E-state index contributed by atoms with van der Waals surface area (Å²) in [5.41, 5.74) is -3.05. The second kappa shape index (κ2) is 5.66. The number of hydrogen-bond donors (Lipinski definition) is 2. The fourth-order valence-electron chi connectivity index (χ4n) is 1.45. The fourth-order valence-corrected chi connectivity index (χ4v) is 1.45. The van der Waals surface area contributed by atoms with E-state index in [2.05, 4.69) is 0 Å². The lowest BCUT2D eigenvalue weighted by molar-refractivity contribution is -0.206. The molecule has 20 heavy (non-hydrogen) atoms. The number of carbonyl (C=O) groups is 1. The summed E-state index contributed by atoms with van der Waals surface area (Å²) in [5.74, 6) is -2.57. The predicted molar refractivity (Wildman–Crippen MR) is 61.9 cm³/mol. The number of nitrogens with one attached hydrogen (secondary N) is 1. The van der Waals surface area contributed by atoms with Gasteiger partial charge in [-0.3, -0.25) is 5.32 Å². The monoisotopic (exact) mass is 295 g/mol. The van der Waals surface area contributed by atoms with E-state index in [1.165, 1.54) is 13.2 Å². The van der Waals surface area contributed by atoms with E-state index in [1.54, 1.807) is 0 Å². The van der Waals surface area contributed by atoms with Crippen LogP contribution in [0.15, 0.2) is 18.2 Å². The molecule has 0 bridgehead atoms. The Balaban J connectivity index is 3.00. The van der Waals surface area contributed by atoms with Crippen molar-refractivity contribution < 1.29 is 32.2 Å². The van der Waals surface area contributed by atoms with E-state index in [-0.39, 0.29) is 11.3 Å². The largest absolute Gasteiger partial charge is 0.496 e. The summed E-state index contributed by atoms with van der Waals surface area (Å²) in [6.07, 6.45) is -5.00. The van der Waals surface area contributed by atoms with Crippen LogP contribution in [0.4, 0.5) is 17.6 Å². The van der Waals surface area contributed by atoms with Gasteiger partial charge < -0.3 is 9.84 Å². The Hall–Kier alpha value is -1.83. The maximum absolute atomic E-state index is 13.1. The summed E-state index contributed by atoms with van der Waals surface area (Å²) in [6, 6.07) is 3.31. The highest BCUT2D eigenvalue weighted by Gasteiger charge is 2.57. The molecule has 0 aliphatic rings. The third-order valence-corrected chi connectivity index (χ3v) is 2.87.